The van der Waals surface area contributed by atoms with E-state index in [0.29, 0.717) is 68.3 Å². The van der Waals surface area contributed by atoms with Crippen molar-refractivity contribution in [1.29, 1.82) is 0 Å². The first-order valence-corrected chi connectivity index (χ1v) is 22.8. The van der Waals surface area contributed by atoms with Gasteiger partial charge < -0.3 is 44.7 Å². The summed E-state index contributed by atoms with van der Waals surface area (Å²) in [4.78, 5) is 49.4. The predicted octanol–water partition coefficient (Wildman–Crippen LogP) is 7.39. The number of aliphatic hydroxyl groups excluding tert-OH is 1. The fourth-order valence-electron chi connectivity index (χ4n) is 9.01. The number of nitrogens with one attached hydrogen (secondary N) is 3. The van der Waals surface area contributed by atoms with Crippen molar-refractivity contribution in [2.24, 2.45) is 5.92 Å². The van der Waals surface area contributed by atoms with E-state index in [1.807, 2.05) is 67.5 Å². The molecular weight excluding hydrogens is 796 g/mol. The summed E-state index contributed by atoms with van der Waals surface area (Å²) >= 11 is 6.52. The van der Waals surface area contributed by atoms with Gasteiger partial charge in [-0.1, -0.05) is 62.8 Å². The average Bonchev–Trinajstić information content (AvgIpc) is 3.89. The zero-order chi connectivity index (χ0) is 42.7. The molecule has 0 radical (unpaired) electrons. The average molecular weight is 860 g/mol. The van der Waals surface area contributed by atoms with Gasteiger partial charge in [0.25, 0.3) is 5.91 Å². The Labute approximate surface area is 364 Å². The molecule has 0 bridgehead atoms. The molecule has 13 nitrogen and oxygen atoms in total. The minimum atomic E-state index is -0.657. The minimum Gasteiger partial charge on any atom is -0.492 e. The number of likely N-dealkylation sites (tertiary alicyclic amines) is 1. The Morgan fingerprint density at radius 1 is 0.918 bits per heavy atom. The molecule has 1 aromatic heterocycles. The monoisotopic (exact) mass is 858 g/mol. The maximum atomic E-state index is 14.2. The number of hydrogen-bond donors (Lipinski definition) is 4. The van der Waals surface area contributed by atoms with Crippen LogP contribution in [-0.4, -0.2) is 123 Å². The summed E-state index contributed by atoms with van der Waals surface area (Å²) in [7, 11) is 3.99. The molecule has 1 aliphatic carbocycles. The van der Waals surface area contributed by atoms with E-state index in [1.54, 1.807) is 11.0 Å². The smallest absolute Gasteiger partial charge is 0.412 e. The quantitative estimate of drug-likeness (QED) is 0.0669. The van der Waals surface area contributed by atoms with Crippen molar-refractivity contribution in [3.8, 4) is 11.5 Å². The van der Waals surface area contributed by atoms with Crippen LogP contribution in [0, 0.1) is 5.92 Å². The van der Waals surface area contributed by atoms with Gasteiger partial charge in [-0.05, 0) is 75.0 Å². The van der Waals surface area contributed by atoms with Crippen LogP contribution in [0.15, 0.2) is 54.6 Å². The number of aromatic nitrogens is 1. The predicted molar refractivity (Wildman–Crippen MR) is 240 cm³/mol. The molecular formula is C47H63ClN6O7. The van der Waals surface area contributed by atoms with Crippen LogP contribution in [0.25, 0.3) is 21.7 Å². The number of rotatable bonds is 16. The molecule has 7 rings (SSSR count). The van der Waals surface area contributed by atoms with Crippen LogP contribution < -0.4 is 25.0 Å². The van der Waals surface area contributed by atoms with Crippen LogP contribution in [-0.2, 0) is 9.53 Å². The second kappa shape index (κ2) is 21.6. The molecule has 1 saturated carbocycles. The zero-order valence-corrected chi connectivity index (χ0v) is 36.5. The number of anilines is 1. The zero-order valence-electron chi connectivity index (χ0n) is 35.8. The molecule has 3 heterocycles. The Balaban J connectivity index is 0.886. The molecule has 3 aliphatic rings. The number of alkyl halides is 1. The van der Waals surface area contributed by atoms with Gasteiger partial charge in [-0.15, -0.1) is 11.6 Å². The molecule has 2 unspecified atom stereocenters. The number of piperidine rings is 1. The molecule has 3 amide bonds. The topological polar surface area (TPSA) is 149 Å². The van der Waals surface area contributed by atoms with Crippen molar-refractivity contribution in [2.45, 2.75) is 88.8 Å². The van der Waals surface area contributed by atoms with Crippen molar-refractivity contribution in [3.63, 3.8) is 0 Å². The van der Waals surface area contributed by atoms with Crippen molar-refractivity contribution in [3.05, 3.63) is 65.9 Å². The number of aromatic amines is 1. The maximum Gasteiger partial charge on any atom is 0.412 e. The number of hydrogen-bond acceptors (Lipinski definition) is 9. The van der Waals surface area contributed by atoms with E-state index >= 15 is 0 Å². The number of carbonyl (C=O) groups is 3. The minimum absolute atomic E-state index is 0.00413. The van der Waals surface area contributed by atoms with Gasteiger partial charge in [-0.2, -0.15) is 0 Å². The van der Waals surface area contributed by atoms with Crippen molar-refractivity contribution in [2.75, 3.05) is 77.4 Å². The molecule has 14 heteroatoms. The Bertz CT molecular complexity index is 2090. The largest absolute Gasteiger partial charge is 0.492 e. The van der Waals surface area contributed by atoms with E-state index < -0.39 is 12.3 Å². The summed E-state index contributed by atoms with van der Waals surface area (Å²) in [6.07, 6.45) is 10.3. The summed E-state index contributed by atoms with van der Waals surface area (Å²) in [6.45, 7) is 3.84. The number of benzene rings is 3. The van der Waals surface area contributed by atoms with Crippen molar-refractivity contribution in [1.82, 2.24) is 25.4 Å². The molecule has 61 heavy (non-hydrogen) atoms. The second-order valence-corrected chi connectivity index (χ2v) is 17.4. The highest BCUT2D eigenvalue weighted by Gasteiger charge is 2.36. The Kier molecular flexibility index (Phi) is 15.8. The Morgan fingerprint density at radius 3 is 2.39 bits per heavy atom. The van der Waals surface area contributed by atoms with E-state index in [4.69, 9.17) is 25.8 Å². The lowest BCUT2D eigenvalue weighted by atomic mass is 9.94. The fraction of sp³-hybridized carbons (Fsp3) is 0.553. The number of amides is 3. The van der Waals surface area contributed by atoms with Crippen LogP contribution in [0.1, 0.15) is 92.6 Å². The highest BCUT2D eigenvalue weighted by molar-refractivity contribution is 6.19. The molecule has 330 valence electrons. The lowest BCUT2D eigenvalue weighted by molar-refractivity contribution is -0.128. The highest BCUT2D eigenvalue weighted by Crippen LogP contribution is 2.46. The summed E-state index contributed by atoms with van der Waals surface area (Å²) < 4.78 is 17.6. The summed E-state index contributed by atoms with van der Waals surface area (Å²) in [5.41, 5.74) is 2.85. The number of fused-ring (bicyclic) bond motifs is 4. The van der Waals surface area contributed by atoms with Crippen molar-refractivity contribution >= 4 is 56.9 Å². The molecule has 2 aliphatic heterocycles. The lowest BCUT2D eigenvalue weighted by Gasteiger charge is -2.35. The molecule has 1 saturated heterocycles. The van der Waals surface area contributed by atoms with Gasteiger partial charge in [-0.3, -0.25) is 14.5 Å². The Morgan fingerprint density at radius 2 is 1.66 bits per heavy atom. The van der Waals surface area contributed by atoms with Crippen LogP contribution in [0.3, 0.4) is 0 Å². The first-order chi connectivity index (χ1) is 29.7. The number of H-pyrrole nitrogens is 1. The Hall–Kier alpha value is -4.40. The van der Waals surface area contributed by atoms with E-state index in [1.165, 1.54) is 38.5 Å². The van der Waals surface area contributed by atoms with Gasteiger partial charge in [0.15, 0.2) is 0 Å². The van der Waals surface area contributed by atoms with E-state index in [-0.39, 0.29) is 36.8 Å². The van der Waals surface area contributed by atoms with E-state index in [9.17, 15) is 19.5 Å². The number of halogens is 1. The number of carbonyl (C=O) groups excluding carboxylic acids is 3. The summed E-state index contributed by atoms with van der Waals surface area (Å²) in [6, 6.07) is 17.3. The number of likely N-dealkylation sites (N-methyl/N-ethyl adjacent to an activating group) is 1. The summed E-state index contributed by atoms with van der Waals surface area (Å²) in [5.74, 6) is 1.22. The SMILES string of the molecule is CN(C)CCOc1ccc2[nH]c(C(=O)N3CC(CCl)c4c3cc(OC(=O)NCCOCCC(O)N3CCC(C(=O)NC5CCCCCCCC5)CC3)c3ccccc43)cc2c1. The third-order valence-electron chi connectivity index (χ3n) is 12.5. The molecule has 4 aromatic rings. The lowest BCUT2D eigenvalue weighted by Crippen LogP contribution is -2.47. The van der Waals surface area contributed by atoms with Crippen molar-refractivity contribution < 1.29 is 33.7 Å². The standard InChI is InChI=1S/C47H63ClN6O7/c1-52(2)23-26-60-36-15-16-39-33(27-36)28-40(51-39)46(57)54-31-34(30-48)44-38-14-10-9-13-37(38)42(29-41(44)54)61-47(58)49-20-25-59-24-19-43(55)53-21-17-32(18-22-53)45(56)50-35-11-7-5-3-4-6-8-12-35/h9-10,13-16,27-29,32,34-35,43,51,55H,3-8,11-12,17-26,30-31H2,1-2H3,(H,49,58)(H,50,56). The van der Waals surface area contributed by atoms with E-state index in [0.717, 1.165) is 65.2 Å². The van der Waals surface area contributed by atoms with Crippen LogP contribution in [0.4, 0.5) is 10.5 Å². The normalized spacial score (nSPS) is 18.7. The maximum absolute atomic E-state index is 14.2. The first kappa shape index (κ1) is 44.6. The molecule has 4 N–H and O–H groups in total. The van der Waals surface area contributed by atoms with Gasteiger partial charge in [-0.25, -0.2) is 4.79 Å². The van der Waals surface area contributed by atoms with E-state index in [2.05, 4.69) is 20.5 Å². The molecule has 2 atom stereocenters. The number of aliphatic hydroxyl groups is 1. The molecule has 2 fully saturated rings. The molecule has 0 spiro atoms. The first-order valence-electron chi connectivity index (χ1n) is 22.3. The fourth-order valence-corrected chi connectivity index (χ4v) is 9.27. The third-order valence-corrected chi connectivity index (χ3v) is 12.8. The van der Waals surface area contributed by atoms with Crippen LogP contribution in [0.2, 0.25) is 0 Å². The van der Waals surface area contributed by atoms with Crippen LogP contribution in [0.5, 0.6) is 11.5 Å². The number of ether oxygens (including phenoxy) is 3. The third kappa shape index (κ3) is 11.6. The van der Waals surface area contributed by atoms with Gasteiger partial charge in [0, 0.05) is 85.3 Å². The van der Waals surface area contributed by atoms with Gasteiger partial charge in [0.05, 0.1) is 18.9 Å². The summed E-state index contributed by atoms with van der Waals surface area (Å²) in [5, 5.41) is 19.5. The van der Waals surface area contributed by atoms with Gasteiger partial charge in [0.1, 0.15) is 30.0 Å². The van der Waals surface area contributed by atoms with Gasteiger partial charge >= 0.3 is 6.09 Å². The number of nitrogens with zero attached hydrogens (tertiary/aromatic N) is 3. The molecule has 3 aromatic carbocycles. The van der Waals surface area contributed by atoms with Crippen LogP contribution >= 0.6 is 11.6 Å². The van der Waals surface area contributed by atoms with Gasteiger partial charge in [0.2, 0.25) is 5.91 Å². The highest BCUT2D eigenvalue weighted by atomic mass is 35.5. The second-order valence-electron chi connectivity index (χ2n) is 17.1.